The maximum absolute atomic E-state index is 8.40. The van der Waals surface area contributed by atoms with E-state index in [0.29, 0.717) is 0 Å². The molecule has 56 valence electrons. The highest BCUT2D eigenvalue weighted by Crippen LogP contribution is 2.09. The minimum absolute atomic E-state index is 0.0467. The van der Waals surface area contributed by atoms with Crippen molar-refractivity contribution in [3.8, 4) is 11.8 Å². The third-order valence-corrected chi connectivity index (χ3v) is 0.748. The molecule has 0 saturated heterocycles. The van der Waals surface area contributed by atoms with E-state index in [1.165, 1.54) is 0 Å². The lowest BCUT2D eigenvalue weighted by Gasteiger charge is -2.06. The van der Waals surface area contributed by atoms with E-state index in [9.17, 15) is 0 Å². The Kier molecular flexibility index (Phi) is 3.48. The lowest BCUT2D eigenvalue weighted by molar-refractivity contribution is 0.412. The highest BCUT2D eigenvalue weighted by Gasteiger charge is 2.05. The predicted octanol–water partition coefficient (Wildman–Crippen LogP) is 0.509. The highest BCUT2D eigenvalue weighted by molar-refractivity contribution is 6.42. The molecule has 2 nitrogen and oxygen atoms in total. The van der Waals surface area contributed by atoms with Crippen molar-refractivity contribution in [1.82, 2.24) is 0 Å². The van der Waals surface area contributed by atoms with Gasteiger partial charge in [0.15, 0.2) is 0 Å². The molecular weight excluding hydrogens is 127 g/mol. The van der Waals surface area contributed by atoms with Gasteiger partial charge in [0.1, 0.15) is 0 Å². The standard InChI is InChI=1S/C7H13BO2/c1-7(2,3)5-4-6-8(9)10/h9-10H,6H2,1-3H3. The molecule has 2 N–H and O–H groups in total. The SMILES string of the molecule is CC(C)(C)C#CCB(O)O. The minimum Gasteiger partial charge on any atom is -0.426 e. The van der Waals surface area contributed by atoms with E-state index in [4.69, 9.17) is 10.0 Å². The second-order valence-electron chi connectivity index (χ2n) is 3.24. The fraction of sp³-hybridized carbons (Fsp3) is 0.714. The van der Waals surface area contributed by atoms with Crippen molar-refractivity contribution in [2.75, 3.05) is 0 Å². The van der Waals surface area contributed by atoms with Gasteiger partial charge in [0.05, 0.1) is 0 Å². The van der Waals surface area contributed by atoms with Crippen LogP contribution in [-0.2, 0) is 0 Å². The average molecular weight is 140 g/mol. The predicted molar refractivity (Wildman–Crippen MR) is 42.2 cm³/mol. The molecule has 10 heavy (non-hydrogen) atoms. The summed E-state index contributed by atoms with van der Waals surface area (Å²) >= 11 is 0. The van der Waals surface area contributed by atoms with E-state index in [0.717, 1.165) is 0 Å². The number of rotatable bonds is 1. The zero-order chi connectivity index (χ0) is 8.20. The van der Waals surface area contributed by atoms with Gasteiger partial charge in [-0.25, -0.2) is 0 Å². The third-order valence-electron chi connectivity index (χ3n) is 0.748. The number of hydrogen-bond acceptors (Lipinski definition) is 2. The van der Waals surface area contributed by atoms with E-state index in [2.05, 4.69) is 11.8 Å². The van der Waals surface area contributed by atoms with Crippen LogP contribution in [0.25, 0.3) is 0 Å². The molecule has 0 aromatic rings. The fourth-order valence-electron chi connectivity index (χ4n) is 0.407. The van der Waals surface area contributed by atoms with Crippen LogP contribution in [0.5, 0.6) is 0 Å². The van der Waals surface area contributed by atoms with Crippen molar-refractivity contribution in [3.63, 3.8) is 0 Å². The Morgan fingerprint density at radius 2 is 1.80 bits per heavy atom. The maximum atomic E-state index is 8.40. The zero-order valence-electron chi connectivity index (χ0n) is 6.68. The van der Waals surface area contributed by atoms with Crippen molar-refractivity contribution in [2.45, 2.75) is 27.1 Å². The molecule has 0 atom stereocenters. The molecule has 0 bridgehead atoms. The van der Waals surface area contributed by atoms with Crippen LogP contribution in [0.4, 0.5) is 0 Å². The molecule has 0 aliphatic rings. The summed E-state index contributed by atoms with van der Waals surface area (Å²) < 4.78 is 0. The molecule has 0 aromatic carbocycles. The van der Waals surface area contributed by atoms with Crippen molar-refractivity contribution in [2.24, 2.45) is 5.41 Å². The normalized spacial score (nSPS) is 10.1. The summed E-state index contributed by atoms with van der Waals surface area (Å²) in [7, 11) is -1.30. The third kappa shape index (κ3) is 7.54. The van der Waals surface area contributed by atoms with Gasteiger partial charge in [-0.1, -0.05) is 5.92 Å². The molecule has 0 radical (unpaired) electrons. The van der Waals surface area contributed by atoms with Crippen LogP contribution in [0.2, 0.25) is 6.32 Å². The second kappa shape index (κ2) is 3.65. The summed E-state index contributed by atoms with van der Waals surface area (Å²) in [4.78, 5) is 0. The van der Waals surface area contributed by atoms with Crippen molar-refractivity contribution < 1.29 is 10.0 Å². The molecule has 0 aromatic heterocycles. The quantitative estimate of drug-likeness (QED) is 0.411. The van der Waals surface area contributed by atoms with E-state index < -0.39 is 7.12 Å². The van der Waals surface area contributed by atoms with Gasteiger partial charge in [-0.2, -0.15) is 0 Å². The van der Waals surface area contributed by atoms with Crippen LogP contribution in [0.15, 0.2) is 0 Å². The Hall–Kier alpha value is -0.455. The van der Waals surface area contributed by atoms with Crippen LogP contribution in [0.3, 0.4) is 0 Å². The average Bonchev–Trinajstić information content (AvgIpc) is 1.59. The molecule has 0 fully saturated rings. The Labute approximate surface area is 62.4 Å². The Bertz CT molecular complexity index is 147. The summed E-state index contributed by atoms with van der Waals surface area (Å²) in [5.74, 6) is 5.56. The van der Waals surface area contributed by atoms with Gasteiger partial charge in [-0.05, 0) is 20.8 Å². The molecule has 0 unspecified atom stereocenters. The number of hydrogen-bond donors (Lipinski definition) is 2. The van der Waals surface area contributed by atoms with Gasteiger partial charge in [-0.3, -0.25) is 0 Å². The van der Waals surface area contributed by atoms with E-state index in [1.807, 2.05) is 20.8 Å². The van der Waals surface area contributed by atoms with Crippen molar-refractivity contribution >= 4 is 7.12 Å². The van der Waals surface area contributed by atoms with Crippen molar-refractivity contribution in [1.29, 1.82) is 0 Å². The van der Waals surface area contributed by atoms with Crippen molar-refractivity contribution in [3.05, 3.63) is 0 Å². The molecule has 3 heteroatoms. The fourth-order valence-corrected chi connectivity index (χ4v) is 0.407. The summed E-state index contributed by atoms with van der Waals surface area (Å²) in [5, 5.41) is 16.8. The van der Waals surface area contributed by atoms with Crippen LogP contribution in [0.1, 0.15) is 20.8 Å². The first-order valence-corrected chi connectivity index (χ1v) is 3.28. The molecule has 0 rings (SSSR count). The molecule has 0 saturated carbocycles. The van der Waals surface area contributed by atoms with E-state index in [1.54, 1.807) is 0 Å². The smallest absolute Gasteiger partial charge is 0.426 e. The Morgan fingerprint density at radius 1 is 1.30 bits per heavy atom. The maximum Gasteiger partial charge on any atom is 0.464 e. The first kappa shape index (κ1) is 9.54. The topological polar surface area (TPSA) is 40.5 Å². The first-order chi connectivity index (χ1) is 4.42. The zero-order valence-corrected chi connectivity index (χ0v) is 6.68. The van der Waals surface area contributed by atoms with Crippen LogP contribution >= 0.6 is 0 Å². The lowest BCUT2D eigenvalue weighted by atomic mass is 9.86. The highest BCUT2D eigenvalue weighted by atomic mass is 16.4. The summed E-state index contributed by atoms with van der Waals surface area (Å²) in [5.41, 5.74) is -0.0467. The minimum atomic E-state index is -1.30. The van der Waals surface area contributed by atoms with Gasteiger partial charge >= 0.3 is 7.12 Å². The van der Waals surface area contributed by atoms with Crippen LogP contribution < -0.4 is 0 Å². The monoisotopic (exact) mass is 140 g/mol. The lowest BCUT2D eigenvalue weighted by Crippen LogP contribution is -2.08. The summed E-state index contributed by atoms with van der Waals surface area (Å²) in [6.45, 7) is 5.93. The van der Waals surface area contributed by atoms with Crippen LogP contribution in [0, 0.1) is 17.3 Å². The molecule has 0 heterocycles. The van der Waals surface area contributed by atoms with Gasteiger partial charge in [0.25, 0.3) is 0 Å². The Balaban J connectivity index is 3.71. The molecule has 0 amide bonds. The summed E-state index contributed by atoms with van der Waals surface area (Å²) in [6, 6.07) is 0. The van der Waals surface area contributed by atoms with Gasteiger partial charge < -0.3 is 10.0 Å². The largest absolute Gasteiger partial charge is 0.464 e. The molecule has 0 aliphatic heterocycles. The summed E-state index contributed by atoms with van der Waals surface area (Å²) in [6.07, 6.45) is 0.136. The molecule has 0 aliphatic carbocycles. The Morgan fingerprint density at radius 3 is 2.10 bits per heavy atom. The van der Waals surface area contributed by atoms with E-state index in [-0.39, 0.29) is 11.7 Å². The van der Waals surface area contributed by atoms with Gasteiger partial charge in [0.2, 0.25) is 0 Å². The second-order valence-corrected chi connectivity index (χ2v) is 3.24. The van der Waals surface area contributed by atoms with Gasteiger partial charge in [-0.15, -0.1) is 5.92 Å². The molecule has 0 spiro atoms. The van der Waals surface area contributed by atoms with Crippen LogP contribution in [-0.4, -0.2) is 17.2 Å². The first-order valence-electron chi connectivity index (χ1n) is 3.28. The van der Waals surface area contributed by atoms with E-state index >= 15 is 0 Å². The van der Waals surface area contributed by atoms with Gasteiger partial charge in [0, 0.05) is 11.7 Å². The molecular formula is C7H13BO2.